The van der Waals surface area contributed by atoms with Gasteiger partial charge in [-0.25, -0.2) is 15.1 Å². The quantitative estimate of drug-likeness (QED) is 0.397. The highest BCUT2D eigenvalue weighted by Crippen LogP contribution is 2.33. The third-order valence-corrected chi connectivity index (χ3v) is 5.26. The van der Waals surface area contributed by atoms with Gasteiger partial charge in [-0.05, 0) is 6.92 Å². The summed E-state index contributed by atoms with van der Waals surface area (Å²) < 4.78 is 82.4. The second-order valence-corrected chi connectivity index (χ2v) is 7.96. The van der Waals surface area contributed by atoms with Crippen molar-refractivity contribution in [1.82, 2.24) is 30.4 Å². The summed E-state index contributed by atoms with van der Waals surface area (Å²) in [6.45, 7) is 3.20. The van der Waals surface area contributed by atoms with Gasteiger partial charge in [0.15, 0.2) is 11.3 Å². The molecule has 0 bridgehead atoms. The highest BCUT2D eigenvalue weighted by molar-refractivity contribution is 5.76. The van der Waals surface area contributed by atoms with Gasteiger partial charge in [0.1, 0.15) is 6.10 Å². The predicted octanol–water partition coefficient (Wildman–Crippen LogP) is 1.69. The molecule has 0 aliphatic carbocycles. The molecule has 0 aromatic carbocycles. The molecule has 16 heteroatoms. The van der Waals surface area contributed by atoms with E-state index in [1.165, 1.54) is 6.92 Å². The van der Waals surface area contributed by atoms with Crippen LogP contribution < -0.4 is 20.5 Å². The first-order valence-electron chi connectivity index (χ1n) is 10.8. The lowest BCUT2D eigenvalue weighted by atomic mass is 10.2. The van der Waals surface area contributed by atoms with E-state index in [2.05, 4.69) is 20.4 Å². The number of hydrogen-bond acceptors (Lipinski definition) is 8. The number of aromatic amines is 1. The Bertz CT molecular complexity index is 1080. The number of aromatic nitrogens is 4. The average molecular weight is 523 g/mol. The Balaban J connectivity index is 1.40. The first kappa shape index (κ1) is 27.2. The average Bonchev–Trinajstić information content (AvgIpc) is 2.80. The van der Waals surface area contributed by atoms with E-state index in [4.69, 9.17) is 4.74 Å². The number of carbonyl (C=O) groups excluding carboxylic acids is 1. The monoisotopic (exact) mass is 523 g/mol. The molecule has 1 fully saturated rings. The van der Waals surface area contributed by atoms with Crippen molar-refractivity contribution >= 4 is 11.9 Å². The third kappa shape index (κ3) is 7.05. The minimum absolute atomic E-state index is 0.108. The Morgan fingerprint density at radius 2 is 1.72 bits per heavy atom. The maximum atomic E-state index is 13.1. The van der Waals surface area contributed by atoms with E-state index in [0.29, 0.717) is 38.6 Å². The second-order valence-electron chi connectivity index (χ2n) is 7.96. The molecule has 0 radical (unpaired) electrons. The Morgan fingerprint density at radius 3 is 2.31 bits per heavy atom. The molecular formula is C20H23F6N7O3. The van der Waals surface area contributed by atoms with Gasteiger partial charge in [-0.2, -0.15) is 31.4 Å². The molecule has 36 heavy (non-hydrogen) atoms. The highest BCUT2D eigenvalue weighted by Gasteiger charge is 2.38. The summed E-state index contributed by atoms with van der Waals surface area (Å²) in [4.78, 5) is 34.7. The summed E-state index contributed by atoms with van der Waals surface area (Å²) in [6, 6.07) is 0. The molecule has 3 rings (SSSR count). The van der Waals surface area contributed by atoms with Gasteiger partial charge in [-0.3, -0.25) is 9.59 Å². The van der Waals surface area contributed by atoms with Gasteiger partial charge in [-0.15, -0.1) is 0 Å². The minimum Gasteiger partial charge on any atom is -0.487 e. The summed E-state index contributed by atoms with van der Waals surface area (Å²) in [6.07, 6.45) is -7.86. The Labute approximate surface area is 200 Å². The number of carbonyl (C=O) groups is 1. The van der Waals surface area contributed by atoms with E-state index in [1.807, 2.05) is 0 Å². The lowest BCUT2D eigenvalue weighted by Gasteiger charge is -2.34. The molecule has 198 valence electrons. The first-order valence-corrected chi connectivity index (χ1v) is 10.8. The maximum absolute atomic E-state index is 13.1. The van der Waals surface area contributed by atoms with Crippen molar-refractivity contribution in [2.75, 3.05) is 44.2 Å². The molecule has 1 aliphatic rings. The number of alkyl halides is 6. The van der Waals surface area contributed by atoms with Crippen LogP contribution in [0.1, 0.15) is 24.5 Å². The molecule has 1 amide bonds. The number of nitrogens with zero attached hydrogens (tertiary/aromatic N) is 5. The molecule has 0 spiro atoms. The van der Waals surface area contributed by atoms with Crippen LogP contribution >= 0.6 is 0 Å². The number of halogens is 6. The molecule has 1 atom stereocenters. The highest BCUT2D eigenvalue weighted by atomic mass is 19.4. The number of ether oxygens (including phenoxy) is 1. The smallest absolute Gasteiger partial charge is 0.425 e. The van der Waals surface area contributed by atoms with Gasteiger partial charge in [0.05, 0.1) is 11.8 Å². The molecular weight excluding hydrogens is 500 g/mol. The van der Waals surface area contributed by atoms with Crippen molar-refractivity contribution in [3.63, 3.8) is 0 Å². The summed E-state index contributed by atoms with van der Waals surface area (Å²) >= 11 is 0. The van der Waals surface area contributed by atoms with Gasteiger partial charge in [0.25, 0.3) is 5.56 Å². The number of anilines is 1. The number of piperazine rings is 1. The van der Waals surface area contributed by atoms with Crippen molar-refractivity contribution < 1.29 is 35.9 Å². The topological polar surface area (TPSA) is 116 Å². The van der Waals surface area contributed by atoms with Crippen LogP contribution in [0.25, 0.3) is 0 Å². The second kappa shape index (κ2) is 11.1. The third-order valence-electron chi connectivity index (χ3n) is 5.26. The van der Waals surface area contributed by atoms with E-state index in [9.17, 15) is 35.9 Å². The molecule has 10 nitrogen and oxygen atoms in total. The van der Waals surface area contributed by atoms with Crippen LogP contribution in [-0.4, -0.2) is 76.3 Å². The first-order chi connectivity index (χ1) is 16.9. The van der Waals surface area contributed by atoms with E-state index in [1.54, 1.807) is 14.9 Å². The SMILES string of the molecule is CC(CNCCC(=O)N1CCN(c2ncc(C(F)(F)F)cn2)CC1)Oc1cn[nH]c(=O)c1C(F)(F)F. The van der Waals surface area contributed by atoms with Crippen LogP contribution in [0, 0.1) is 0 Å². The van der Waals surface area contributed by atoms with Crippen molar-refractivity contribution in [3.8, 4) is 5.75 Å². The van der Waals surface area contributed by atoms with Gasteiger partial charge in [0.2, 0.25) is 11.9 Å². The largest absolute Gasteiger partial charge is 0.487 e. The Hall–Kier alpha value is -3.43. The number of H-pyrrole nitrogens is 1. The van der Waals surface area contributed by atoms with E-state index < -0.39 is 40.9 Å². The molecule has 0 saturated carbocycles. The van der Waals surface area contributed by atoms with Crippen LogP contribution in [0.5, 0.6) is 5.75 Å². The number of amides is 1. The molecule has 1 aliphatic heterocycles. The van der Waals surface area contributed by atoms with Crippen LogP contribution in [0.15, 0.2) is 23.4 Å². The van der Waals surface area contributed by atoms with E-state index >= 15 is 0 Å². The Kier molecular flexibility index (Phi) is 8.37. The molecule has 2 N–H and O–H groups in total. The van der Waals surface area contributed by atoms with Crippen LogP contribution in [0.3, 0.4) is 0 Å². The standard InChI is InChI=1S/C20H23F6N7O3/c1-12(36-14-11-30-31-17(35)16(14)20(24,25)26)8-27-3-2-15(34)32-4-6-33(7-5-32)18-28-9-13(10-29-18)19(21,22)23/h9-12,27H,2-8H2,1H3,(H,31,35). The van der Waals surface area contributed by atoms with Gasteiger partial charge >= 0.3 is 12.4 Å². The Morgan fingerprint density at radius 1 is 1.08 bits per heavy atom. The molecule has 1 unspecified atom stereocenters. The minimum atomic E-state index is -4.91. The van der Waals surface area contributed by atoms with Crippen LogP contribution in [-0.2, 0) is 17.1 Å². The molecule has 2 aromatic heterocycles. The van der Waals surface area contributed by atoms with Gasteiger partial charge < -0.3 is 19.9 Å². The van der Waals surface area contributed by atoms with Gasteiger partial charge in [-0.1, -0.05) is 0 Å². The number of hydrogen-bond donors (Lipinski definition) is 2. The van der Waals surface area contributed by atoms with E-state index in [0.717, 1.165) is 6.20 Å². The van der Waals surface area contributed by atoms with Crippen molar-refractivity contribution in [3.05, 3.63) is 40.1 Å². The zero-order valence-corrected chi connectivity index (χ0v) is 19.0. The fourth-order valence-corrected chi connectivity index (χ4v) is 3.44. The van der Waals surface area contributed by atoms with Crippen molar-refractivity contribution in [2.45, 2.75) is 31.8 Å². The van der Waals surface area contributed by atoms with Gasteiger partial charge in [0, 0.05) is 58.1 Å². The zero-order valence-electron chi connectivity index (χ0n) is 19.0. The molecule has 2 aromatic rings. The fraction of sp³-hybridized carbons (Fsp3) is 0.550. The summed E-state index contributed by atoms with van der Waals surface area (Å²) in [5.41, 5.74) is -3.82. The van der Waals surface area contributed by atoms with Crippen LogP contribution in [0.4, 0.5) is 32.3 Å². The fourth-order valence-electron chi connectivity index (χ4n) is 3.44. The van der Waals surface area contributed by atoms with Crippen LogP contribution in [0.2, 0.25) is 0 Å². The summed E-state index contributed by atoms with van der Waals surface area (Å²) in [7, 11) is 0. The normalized spacial score (nSPS) is 15.6. The number of nitrogens with one attached hydrogen (secondary N) is 2. The zero-order chi connectivity index (χ0) is 26.5. The van der Waals surface area contributed by atoms with Crippen molar-refractivity contribution in [1.29, 1.82) is 0 Å². The molecule has 1 saturated heterocycles. The summed E-state index contributed by atoms with van der Waals surface area (Å²) in [5.74, 6) is -0.705. The maximum Gasteiger partial charge on any atom is 0.425 e. The molecule has 3 heterocycles. The predicted molar refractivity (Wildman–Crippen MR) is 113 cm³/mol. The summed E-state index contributed by atoms with van der Waals surface area (Å²) in [5, 5.41) is 7.97. The lowest BCUT2D eigenvalue weighted by molar-refractivity contribution is -0.140. The lowest BCUT2D eigenvalue weighted by Crippen LogP contribution is -2.49. The van der Waals surface area contributed by atoms with E-state index in [-0.39, 0.29) is 31.4 Å². The van der Waals surface area contributed by atoms with Crippen molar-refractivity contribution in [2.24, 2.45) is 0 Å². The number of rotatable bonds is 8.